The maximum absolute atomic E-state index is 13.0. The first-order valence-corrected chi connectivity index (χ1v) is 10.8. The fourth-order valence-corrected chi connectivity index (χ4v) is 5.49. The van der Waals surface area contributed by atoms with Crippen LogP contribution in [0.1, 0.15) is 12.0 Å². The Hall–Kier alpha value is -2.20. The second-order valence-corrected chi connectivity index (χ2v) is 9.60. The SMILES string of the molecule is CN(C(=O)CN1C(=O)S/C(=C\c2ccc(F)cc2)C1=O)[C@H]1CCS(=O)(=O)C1. The number of carbonyl (C=O) groups excluding carboxylic acids is 3. The van der Waals surface area contributed by atoms with E-state index in [-0.39, 0.29) is 16.4 Å². The van der Waals surface area contributed by atoms with Crippen LogP contribution < -0.4 is 0 Å². The van der Waals surface area contributed by atoms with Crippen LogP contribution in [0.15, 0.2) is 29.2 Å². The smallest absolute Gasteiger partial charge is 0.294 e. The number of likely N-dealkylation sites (N-methyl/N-ethyl adjacent to an activating group) is 1. The Morgan fingerprint density at radius 1 is 1.33 bits per heavy atom. The number of halogens is 1. The van der Waals surface area contributed by atoms with Crippen LogP contribution in [0.25, 0.3) is 6.08 Å². The topological polar surface area (TPSA) is 91.8 Å². The van der Waals surface area contributed by atoms with E-state index in [1.54, 1.807) is 0 Å². The molecule has 0 unspecified atom stereocenters. The molecule has 144 valence electrons. The highest BCUT2D eigenvalue weighted by Gasteiger charge is 2.39. The summed E-state index contributed by atoms with van der Waals surface area (Å²) >= 11 is 0.705. The predicted molar refractivity (Wildman–Crippen MR) is 98.9 cm³/mol. The van der Waals surface area contributed by atoms with Crippen LogP contribution >= 0.6 is 11.8 Å². The van der Waals surface area contributed by atoms with Crippen LogP contribution in [-0.4, -0.2) is 66.4 Å². The zero-order valence-electron chi connectivity index (χ0n) is 14.4. The molecule has 1 atom stereocenters. The standard InChI is InChI=1S/C17H17FN2O5S2/c1-19(13-6-7-27(24,25)10-13)15(21)9-20-16(22)14(26-17(20)23)8-11-2-4-12(18)5-3-11/h2-5,8,13H,6-7,9-10H2,1H3/b14-8-/t13-/m0/s1. The summed E-state index contributed by atoms with van der Waals surface area (Å²) < 4.78 is 36.1. The van der Waals surface area contributed by atoms with Gasteiger partial charge in [0.25, 0.3) is 11.1 Å². The molecule has 1 aromatic carbocycles. The average molecular weight is 412 g/mol. The van der Waals surface area contributed by atoms with Crippen LogP contribution in [-0.2, 0) is 19.4 Å². The van der Waals surface area contributed by atoms with E-state index in [1.165, 1.54) is 42.3 Å². The van der Waals surface area contributed by atoms with Gasteiger partial charge in [0.05, 0.1) is 16.4 Å². The molecule has 0 bridgehead atoms. The number of nitrogens with zero attached hydrogens (tertiary/aromatic N) is 2. The number of benzene rings is 1. The van der Waals surface area contributed by atoms with Gasteiger partial charge < -0.3 is 4.90 Å². The van der Waals surface area contributed by atoms with Gasteiger partial charge in [0.2, 0.25) is 5.91 Å². The van der Waals surface area contributed by atoms with Crippen LogP contribution in [0.5, 0.6) is 0 Å². The zero-order chi connectivity index (χ0) is 19.8. The zero-order valence-corrected chi connectivity index (χ0v) is 16.1. The molecule has 0 aromatic heterocycles. The lowest BCUT2D eigenvalue weighted by atomic mass is 10.2. The Balaban J connectivity index is 1.68. The number of thioether (sulfide) groups is 1. The van der Waals surface area contributed by atoms with Gasteiger partial charge in [0.15, 0.2) is 9.84 Å². The van der Waals surface area contributed by atoms with E-state index >= 15 is 0 Å². The van der Waals surface area contributed by atoms with Crippen molar-refractivity contribution in [1.82, 2.24) is 9.80 Å². The summed E-state index contributed by atoms with van der Waals surface area (Å²) in [5.74, 6) is -1.60. The molecule has 2 saturated heterocycles. The van der Waals surface area contributed by atoms with E-state index in [4.69, 9.17) is 0 Å². The molecule has 2 aliphatic heterocycles. The van der Waals surface area contributed by atoms with Gasteiger partial charge in [0, 0.05) is 13.1 Å². The summed E-state index contributed by atoms with van der Waals surface area (Å²) in [4.78, 5) is 39.2. The molecular formula is C17H17FN2O5S2. The molecule has 0 radical (unpaired) electrons. The summed E-state index contributed by atoms with van der Waals surface area (Å²) in [5.41, 5.74) is 0.557. The van der Waals surface area contributed by atoms with Crippen LogP contribution in [0, 0.1) is 5.82 Å². The lowest BCUT2D eigenvalue weighted by Gasteiger charge is -2.25. The van der Waals surface area contributed by atoms with Crippen molar-refractivity contribution in [2.45, 2.75) is 12.5 Å². The number of amides is 3. The largest absolute Gasteiger partial charge is 0.340 e. The van der Waals surface area contributed by atoms with E-state index in [2.05, 4.69) is 0 Å². The number of imide groups is 1. The Morgan fingerprint density at radius 2 is 2.00 bits per heavy atom. The van der Waals surface area contributed by atoms with Gasteiger partial charge in [0.1, 0.15) is 12.4 Å². The van der Waals surface area contributed by atoms with Crippen molar-refractivity contribution >= 4 is 44.7 Å². The Kier molecular flexibility index (Phi) is 5.38. The number of sulfone groups is 1. The quantitative estimate of drug-likeness (QED) is 0.696. The first-order chi connectivity index (χ1) is 12.7. The first kappa shape index (κ1) is 19.6. The van der Waals surface area contributed by atoms with Gasteiger partial charge in [-0.2, -0.15) is 0 Å². The van der Waals surface area contributed by atoms with Crippen molar-refractivity contribution in [3.63, 3.8) is 0 Å². The molecule has 0 spiro atoms. The average Bonchev–Trinajstić information content (AvgIpc) is 3.10. The predicted octanol–water partition coefficient (Wildman–Crippen LogP) is 1.51. The summed E-state index contributed by atoms with van der Waals surface area (Å²) in [7, 11) is -1.68. The molecule has 27 heavy (non-hydrogen) atoms. The number of hydrogen-bond donors (Lipinski definition) is 0. The summed E-state index contributed by atoms with van der Waals surface area (Å²) in [6, 6.07) is 4.98. The summed E-state index contributed by atoms with van der Waals surface area (Å²) in [6.45, 7) is -0.446. The molecule has 2 fully saturated rings. The number of rotatable bonds is 4. The van der Waals surface area contributed by atoms with Gasteiger partial charge >= 0.3 is 0 Å². The van der Waals surface area contributed by atoms with Crippen LogP contribution in [0.4, 0.5) is 9.18 Å². The highest BCUT2D eigenvalue weighted by molar-refractivity contribution is 8.18. The molecule has 0 saturated carbocycles. The minimum Gasteiger partial charge on any atom is -0.340 e. The highest BCUT2D eigenvalue weighted by atomic mass is 32.2. The third-order valence-corrected chi connectivity index (χ3v) is 7.14. The van der Waals surface area contributed by atoms with Crippen LogP contribution in [0.3, 0.4) is 0 Å². The van der Waals surface area contributed by atoms with Crippen molar-refractivity contribution < 1.29 is 27.2 Å². The van der Waals surface area contributed by atoms with Gasteiger partial charge in [-0.05, 0) is 42.0 Å². The van der Waals surface area contributed by atoms with Crippen LogP contribution in [0.2, 0.25) is 0 Å². The molecule has 0 N–H and O–H groups in total. The second-order valence-electron chi connectivity index (χ2n) is 6.38. The fourth-order valence-electron chi connectivity index (χ4n) is 2.88. The lowest BCUT2D eigenvalue weighted by molar-refractivity contribution is -0.136. The number of hydrogen-bond acceptors (Lipinski definition) is 6. The molecule has 0 aliphatic carbocycles. The van der Waals surface area contributed by atoms with E-state index < -0.39 is 45.3 Å². The van der Waals surface area contributed by atoms with Gasteiger partial charge in [-0.3, -0.25) is 19.3 Å². The van der Waals surface area contributed by atoms with Crippen molar-refractivity contribution in [1.29, 1.82) is 0 Å². The van der Waals surface area contributed by atoms with Gasteiger partial charge in [-0.1, -0.05) is 12.1 Å². The minimum atomic E-state index is -3.15. The molecule has 3 amide bonds. The third kappa shape index (κ3) is 4.38. The van der Waals surface area contributed by atoms with E-state index in [9.17, 15) is 27.2 Å². The molecule has 7 nitrogen and oxygen atoms in total. The minimum absolute atomic E-state index is 0.0251. The first-order valence-electron chi connectivity index (χ1n) is 8.13. The normalized spacial score (nSPS) is 23.3. The van der Waals surface area contributed by atoms with Gasteiger partial charge in [-0.15, -0.1) is 0 Å². The Labute approximate surface area is 160 Å². The lowest BCUT2D eigenvalue weighted by Crippen LogP contribution is -2.45. The monoisotopic (exact) mass is 412 g/mol. The van der Waals surface area contributed by atoms with Gasteiger partial charge in [-0.25, -0.2) is 12.8 Å². The van der Waals surface area contributed by atoms with Crippen molar-refractivity contribution in [2.24, 2.45) is 0 Å². The molecule has 2 aliphatic rings. The molecular weight excluding hydrogens is 395 g/mol. The third-order valence-electron chi connectivity index (χ3n) is 4.48. The van der Waals surface area contributed by atoms with Crippen molar-refractivity contribution in [3.05, 3.63) is 40.6 Å². The maximum Gasteiger partial charge on any atom is 0.294 e. The Morgan fingerprint density at radius 3 is 2.59 bits per heavy atom. The number of carbonyl (C=O) groups is 3. The van der Waals surface area contributed by atoms with E-state index in [1.807, 2.05) is 0 Å². The molecule has 3 rings (SSSR count). The maximum atomic E-state index is 13.0. The second kappa shape index (κ2) is 7.43. The molecule has 10 heteroatoms. The highest BCUT2D eigenvalue weighted by Crippen LogP contribution is 2.32. The van der Waals surface area contributed by atoms with Crippen molar-refractivity contribution in [3.8, 4) is 0 Å². The summed E-state index contributed by atoms with van der Waals surface area (Å²) in [5, 5.41) is -0.575. The summed E-state index contributed by atoms with van der Waals surface area (Å²) in [6.07, 6.45) is 1.80. The van der Waals surface area contributed by atoms with E-state index in [0.29, 0.717) is 23.7 Å². The van der Waals surface area contributed by atoms with E-state index in [0.717, 1.165) is 4.90 Å². The molecule has 1 aromatic rings. The fraction of sp³-hybridized carbons (Fsp3) is 0.353. The molecule has 2 heterocycles. The Bertz CT molecular complexity index is 927. The van der Waals surface area contributed by atoms with Crippen molar-refractivity contribution in [2.75, 3.05) is 25.1 Å².